The summed E-state index contributed by atoms with van der Waals surface area (Å²) in [4.78, 5) is 11.8. The summed E-state index contributed by atoms with van der Waals surface area (Å²) in [6.45, 7) is 10.2. The van der Waals surface area contributed by atoms with Gasteiger partial charge >= 0.3 is 6.09 Å². The number of ether oxygens (including phenoxy) is 1. The maximum Gasteiger partial charge on any atom is 0.407 e. The zero-order chi connectivity index (χ0) is 17.6. The second-order valence-electron chi connectivity index (χ2n) is 6.54. The lowest BCUT2D eigenvalue weighted by Gasteiger charge is -2.25. The molecule has 0 aromatic carbocycles. The fourth-order valence-electron chi connectivity index (χ4n) is 2.21. The van der Waals surface area contributed by atoms with Gasteiger partial charge in [-0.25, -0.2) is 4.79 Å². The molecule has 1 aromatic heterocycles. The highest BCUT2D eigenvalue weighted by Gasteiger charge is 2.20. The van der Waals surface area contributed by atoms with Crippen LogP contribution < -0.4 is 10.6 Å². The predicted octanol–water partition coefficient (Wildman–Crippen LogP) is 5.40. The van der Waals surface area contributed by atoms with Crippen molar-refractivity contribution in [2.45, 2.75) is 65.1 Å². The molecular formula is C16H26Cl2N2O2S. The van der Waals surface area contributed by atoms with Crippen molar-refractivity contribution in [1.82, 2.24) is 10.6 Å². The van der Waals surface area contributed by atoms with Crippen LogP contribution in [0.5, 0.6) is 0 Å². The van der Waals surface area contributed by atoms with Crippen molar-refractivity contribution in [2.75, 3.05) is 6.54 Å². The van der Waals surface area contributed by atoms with Crippen LogP contribution in [0.15, 0.2) is 6.07 Å². The van der Waals surface area contributed by atoms with Gasteiger partial charge in [0.1, 0.15) is 5.60 Å². The first-order chi connectivity index (χ1) is 10.6. The van der Waals surface area contributed by atoms with Crippen molar-refractivity contribution in [3.8, 4) is 0 Å². The molecule has 0 aliphatic rings. The number of carbonyl (C=O) groups excluding carboxylic acids is 1. The number of thiophene rings is 1. The second-order valence-corrected chi connectivity index (χ2v) is 8.82. The van der Waals surface area contributed by atoms with E-state index in [4.69, 9.17) is 27.9 Å². The lowest BCUT2D eigenvalue weighted by molar-refractivity contribution is 0.0521. The van der Waals surface area contributed by atoms with Crippen LogP contribution in [0.2, 0.25) is 8.67 Å². The highest BCUT2D eigenvalue weighted by molar-refractivity contribution is 7.20. The van der Waals surface area contributed by atoms with Gasteiger partial charge in [-0.1, -0.05) is 36.5 Å². The summed E-state index contributed by atoms with van der Waals surface area (Å²) in [5.74, 6) is 0. The maximum absolute atomic E-state index is 11.8. The highest BCUT2D eigenvalue weighted by atomic mass is 35.5. The highest BCUT2D eigenvalue weighted by Crippen LogP contribution is 2.35. The minimum absolute atomic E-state index is 0.0586. The molecule has 7 heteroatoms. The van der Waals surface area contributed by atoms with E-state index in [1.807, 2.05) is 33.8 Å². The van der Waals surface area contributed by atoms with Crippen molar-refractivity contribution in [3.63, 3.8) is 0 Å². The molecule has 0 saturated carbocycles. The number of hydrogen-bond donors (Lipinski definition) is 2. The molecule has 0 aliphatic carbocycles. The Bertz CT molecular complexity index is 515. The van der Waals surface area contributed by atoms with E-state index >= 15 is 0 Å². The van der Waals surface area contributed by atoms with Crippen LogP contribution in [0.3, 0.4) is 0 Å². The van der Waals surface area contributed by atoms with E-state index in [-0.39, 0.29) is 12.1 Å². The van der Waals surface area contributed by atoms with Crippen molar-refractivity contribution >= 4 is 40.6 Å². The Morgan fingerprint density at radius 1 is 1.39 bits per heavy atom. The normalized spacial score (nSPS) is 14.4. The summed E-state index contributed by atoms with van der Waals surface area (Å²) in [6, 6.07) is 2.08. The summed E-state index contributed by atoms with van der Waals surface area (Å²) >= 11 is 13.6. The number of carbonyl (C=O) groups is 1. The topological polar surface area (TPSA) is 50.4 Å². The molecular weight excluding hydrogens is 355 g/mol. The van der Waals surface area contributed by atoms with Crippen LogP contribution in [0.1, 0.15) is 59.1 Å². The van der Waals surface area contributed by atoms with Crippen LogP contribution in [0.25, 0.3) is 0 Å². The molecule has 1 amide bonds. The van der Waals surface area contributed by atoms with Gasteiger partial charge in [0, 0.05) is 18.6 Å². The number of rotatable bonds is 7. The fraction of sp³-hybridized carbons (Fsp3) is 0.688. The molecule has 1 rings (SSSR count). The molecule has 0 radical (unpaired) electrons. The average molecular weight is 381 g/mol. The van der Waals surface area contributed by atoms with Crippen LogP contribution >= 0.6 is 34.5 Å². The molecule has 0 bridgehead atoms. The average Bonchev–Trinajstić information content (AvgIpc) is 2.73. The molecule has 0 spiro atoms. The van der Waals surface area contributed by atoms with Crippen molar-refractivity contribution in [3.05, 3.63) is 20.3 Å². The fourth-order valence-corrected chi connectivity index (χ4v) is 3.85. The van der Waals surface area contributed by atoms with Gasteiger partial charge < -0.3 is 15.4 Å². The Morgan fingerprint density at radius 2 is 2.04 bits per heavy atom. The Morgan fingerprint density at radius 3 is 2.52 bits per heavy atom. The van der Waals surface area contributed by atoms with Crippen LogP contribution in [-0.4, -0.2) is 24.3 Å². The van der Waals surface area contributed by atoms with Gasteiger partial charge in [-0.05, 0) is 45.7 Å². The molecule has 1 heterocycles. The van der Waals surface area contributed by atoms with Gasteiger partial charge in [0.25, 0.3) is 0 Å². The zero-order valence-electron chi connectivity index (χ0n) is 14.3. The van der Waals surface area contributed by atoms with Crippen LogP contribution in [-0.2, 0) is 4.74 Å². The SMILES string of the molecule is CCCC(CNC(=O)OC(C)(C)C)NC(C)c1cc(Cl)sc1Cl. The van der Waals surface area contributed by atoms with E-state index in [1.54, 1.807) is 0 Å². The van der Waals surface area contributed by atoms with Crippen molar-refractivity contribution in [1.29, 1.82) is 0 Å². The molecule has 0 saturated heterocycles. The number of alkyl carbamates (subject to hydrolysis) is 1. The van der Waals surface area contributed by atoms with E-state index < -0.39 is 11.7 Å². The molecule has 0 fully saturated rings. The third-order valence-corrected chi connectivity index (χ3v) is 4.68. The molecule has 4 nitrogen and oxygen atoms in total. The van der Waals surface area contributed by atoms with Gasteiger partial charge in [-0.2, -0.15) is 0 Å². The van der Waals surface area contributed by atoms with Gasteiger partial charge in [-0.3, -0.25) is 0 Å². The van der Waals surface area contributed by atoms with Gasteiger partial charge in [0.15, 0.2) is 0 Å². The van der Waals surface area contributed by atoms with Gasteiger partial charge in [-0.15, -0.1) is 11.3 Å². The van der Waals surface area contributed by atoms with E-state index in [2.05, 4.69) is 17.6 Å². The maximum atomic E-state index is 11.8. The lowest BCUT2D eigenvalue weighted by atomic mass is 10.1. The largest absolute Gasteiger partial charge is 0.444 e. The first-order valence-electron chi connectivity index (χ1n) is 7.80. The minimum Gasteiger partial charge on any atom is -0.444 e. The Balaban J connectivity index is 2.57. The Labute approximate surface area is 152 Å². The first kappa shape index (κ1) is 20.6. The quantitative estimate of drug-likeness (QED) is 0.665. The standard InChI is InChI=1S/C16H26Cl2N2O2S/c1-6-7-11(9-19-15(21)22-16(3,4)5)20-10(2)12-8-13(17)23-14(12)18/h8,10-11,20H,6-7,9H2,1-5H3,(H,19,21). The molecule has 132 valence electrons. The van der Waals surface area contributed by atoms with E-state index in [0.29, 0.717) is 15.2 Å². The van der Waals surface area contributed by atoms with E-state index in [9.17, 15) is 4.79 Å². The number of nitrogens with one attached hydrogen (secondary N) is 2. The van der Waals surface area contributed by atoms with Crippen molar-refractivity contribution < 1.29 is 9.53 Å². The first-order valence-corrected chi connectivity index (χ1v) is 9.37. The zero-order valence-corrected chi connectivity index (χ0v) is 16.7. The van der Waals surface area contributed by atoms with Crippen LogP contribution in [0, 0.1) is 0 Å². The molecule has 1 aromatic rings. The summed E-state index contributed by atoms with van der Waals surface area (Å²) in [6.07, 6.45) is 1.55. The number of halogens is 2. The number of hydrogen-bond acceptors (Lipinski definition) is 4. The van der Waals surface area contributed by atoms with Crippen LogP contribution in [0.4, 0.5) is 4.79 Å². The monoisotopic (exact) mass is 380 g/mol. The minimum atomic E-state index is -0.494. The van der Waals surface area contributed by atoms with Gasteiger partial charge in [0.2, 0.25) is 0 Å². The van der Waals surface area contributed by atoms with E-state index in [1.165, 1.54) is 11.3 Å². The Kier molecular flexibility index (Phi) is 8.14. The third kappa shape index (κ3) is 7.75. The Hall–Kier alpha value is -0.490. The molecule has 2 unspecified atom stereocenters. The van der Waals surface area contributed by atoms with Crippen molar-refractivity contribution in [2.24, 2.45) is 0 Å². The molecule has 0 aliphatic heterocycles. The predicted molar refractivity (Wildman–Crippen MR) is 98.8 cm³/mol. The smallest absolute Gasteiger partial charge is 0.407 e. The second kappa shape index (κ2) is 9.11. The van der Waals surface area contributed by atoms with E-state index in [0.717, 1.165) is 18.4 Å². The summed E-state index contributed by atoms with van der Waals surface area (Å²) < 4.78 is 6.64. The summed E-state index contributed by atoms with van der Waals surface area (Å²) in [7, 11) is 0. The molecule has 2 atom stereocenters. The molecule has 23 heavy (non-hydrogen) atoms. The van der Waals surface area contributed by atoms with Gasteiger partial charge in [0.05, 0.1) is 8.67 Å². The molecule has 2 N–H and O–H groups in total. The third-order valence-electron chi connectivity index (χ3n) is 3.16. The summed E-state index contributed by atoms with van der Waals surface area (Å²) in [5, 5.41) is 6.32. The lowest BCUT2D eigenvalue weighted by Crippen LogP contribution is -2.43. The summed E-state index contributed by atoms with van der Waals surface area (Å²) in [5.41, 5.74) is 0.492. The number of amides is 1.